The first-order valence-corrected chi connectivity index (χ1v) is 9.70. The minimum atomic E-state index is -4.08. The molecule has 0 aliphatic heterocycles. The Morgan fingerprint density at radius 3 is 2.25 bits per heavy atom. The summed E-state index contributed by atoms with van der Waals surface area (Å²) in [6, 6.07) is 13.6. The molecule has 0 fully saturated rings. The fraction of sp³-hybridized carbons (Fsp3) is 0.0526. The number of hydrogen-bond acceptors (Lipinski definition) is 4. The van der Waals surface area contributed by atoms with Crippen LogP contribution >= 0.6 is 0 Å². The van der Waals surface area contributed by atoms with Crippen molar-refractivity contribution in [2.75, 3.05) is 4.31 Å². The fourth-order valence-corrected chi connectivity index (χ4v) is 4.41. The Morgan fingerprint density at radius 1 is 0.929 bits per heavy atom. The van der Waals surface area contributed by atoms with Crippen molar-refractivity contribution in [3.63, 3.8) is 0 Å². The van der Waals surface area contributed by atoms with E-state index in [-0.39, 0.29) is 22.8 Å². The number of nitrogens with zero attached hydrogens (tertiary/aromatic N) is 4. The maximum absolute atomic E-state index is 13.5. The average Bonchev–Trinajstić information content (AvgIpc) is 3.17. The molecule has 0 saturated carbocycles. The van der Waals surface area contributed by atoms with Crippen molar-refractivity contribution < 1.29 is 17.2 Å². The minimum Gasteiger partial charge on any atom is -0.288 e. The van der Waals surface area contributed by atoms with Gasteiger partial charge < -0.3 is 0 Å². The summed E-state index contributed by atoms with van der Waals surface area (Å²) in [4.78, 5) is -0.0427. The van der Waals surface area contributed by atoms with Crippen LogP contribution in [0, 0.1) is 11.6 Å². The van der Waals surface area contributed by atoms with Gasteiger partial charge in [-0.25, -0.2) is 17.2 Å². The van der Waals surface area contributed by atoms with Crippen molar-refractivity contribution in [1.29, 1.82) is 0 Å². The zero-order valence-corrected chi connectivity index (χ0v) is 15.2. The highest BCUT2D eigenvalue weighted by molar-refractivity contribution is 7.93. The highest BCUT2D eigenvalue weighted by atomic mass is 32.2. The summed E-state index contributed by atoms with van der Waals surface area (Å²) in [5, 5.41) is 7.64. The standard InChI is InChI=1S/C19H14F2N4O2S/c20-15-5-3-14(4-6-15)12-25(17-9-7-16(21)8-10-17)28(26,27)18-2-1-11-24-13-22-23-19(18)24/h1-11,13H,12H2. The Morgan fingerprint density at radius 2 is 1.57 bits per heavy atom. The molecule has 0 radical (unpaired) electrons. The molecule has 0 atom stereocenters. The highest BCUT2D eigenvalue weighted by Crippen LogP contribution is 2.28. The molecule has 28 heavy (non-hydrogen) atoms. The van der Waals surface area contributed by atoms with Crippen LogP contribution in [0.3, 0.4) is 0 Å². The van der Waals surface area contributed by atoms with Crippen molar-refractivity contribution in [2.24, 2.45) is 0 Å². The molecule has 0 spiro atoms. The maximum atomic E-state index is 13.5. The Kier molecular flexibility index (Phi) is 4.52. The van der Waals surface area contributed by atoms with Crippen LogP contribution in [-0.4, -0.2) is 23.0 Å². The number of hydrogen-bond donors (Lipinski definition) is 0. The van der Waals surface area contributed by atoms with E-state index in [9.17, 15) is 17.2 Å². The van der Waals surface area contributed by atoms with Gasteiger partial charge in [-0.3, -0.25) is 8.71 Å². The molecule has 0 bridgehead atoms. The number of fused-ring (bicyclic) bond motifs is 1. The van der Waals surface area contributed by atoms with E-state index >= 15 is 0 Å². The average molecular weight is 400 g/mol. The van der Waals surface area contributed by atoms with Crippen LogP contribution in [0.15, 0.2) is 78.1 Å². The van der Waals surface area contributed by atoms with E-state index in [0.717, 1.165) is 4.31 Å². The van der Waals surface area contributed by atoms with Crippen molar-refractivity contribution in [3.05, 3.63) is 90.4 Å². The number of aromatic nitrogens is 3. The highest BCUT2D eigenvalue weighted by Gasteiger charge is 2.28. The lowest BCUT2D eigenvalue weighted by atomic mass is 10.2. The lowest BCUT2D eigenvalue weighted by Gasteiger charge is -2.25. The summed E-state index contributed by atoms with van der Waals surface area (Å²) in [6.45, 7) is -0.0660. The molecule has 6 nitrogen and oxygen atoms in total. The summed E-state index contributed by atoms with van der Waals surface area (Å²) in [5.41, 5.74) is 1.02. The molecule has 9 heteroatoms. The molecule has 2 heterocycles. The normalized spacial score (nSPS) is 11.6. The van der Waals surface area contributed by atoms with Crippen LogP contribution in [0.5, 0.6) is 0 Å². The first kappa shape index (κ1) is 18.1. The largest absolute Gasteiger partial charge is 0.288 e. The molecule has 0 unspecified atom stereocenters. The van der Waals surface area contributed by atoms with Gasteiger partial charge in [0.2, 0.25) is 0 Å². The maximum Gasteiger partial charge on any atom is 0.268 e. The van der Waals surface area contributed by atoms with E-state index in [4.69, 9.17) is 0 Å². The van der Waals surface area contributed by atoms with Crippen LogP contribution in [0.1, 0.15) is 5.56 Å². The second kappa shape index (κ2) is 7.01. The predicted molar refractivity (Wildman–Crippen MR) is 99.2 cm³/mol. The van der Waals surface area contributed by atoms with Gasteiger partial charge in [-0.1, -0.05) is 12.1 Å². The van der Waals surface area contributed by atoms with Crippen LogP contribution in [0.4, 0.5) is 14.5 Å². The molecular weight excluding hydrogens is 386 g/mol. The Balaban J connectivity index is 1.85. The first-order chi connectivity index (χ1) is 13.4. The summed E-state index contributed by atoms with van der Waals surface area (Å²) >= 11 is 0. The van der Waals surface area contributed by atoms with Gasteiger partial charge in [0.25, 0.3) is 10.0 Å². The molecule has 0 N–H and O–H groups in total. The number of benzene rings is 2. The summed E-state index contributed by atoms with van der Waals surface area (Å²) in [6.07, 6.45) is 3.03. The molecule has 2 aromatic carbocycles. The zero-order chi connectivity index (χ0) is 19.7. The van der Waals surface area contributed by atoms with Gasteiger partial charge in [0, 0.05) is 6.20 Å². The van der Waals surface area contributed by atoms with Crippen molar-refractivity contribution in [1.82, 2.24) is 14.6 Å². The third kappa shape index (κ3) is 3.31. The third-order valence-corrected chi connectivity index (χ3v) is 6.00. The number of rotatable bonds is 5. The van der Waals surface area contributed by atoms with Gasteiger partial charge in [0.1, 0.15) is 22.9 Å². The van der Waals surface area contributed by atoms with Crippen molar-refractivity contribution in [2.45, 2.75) is 11.4 Å². The molecule has 0 saturated heterocycles. The van der Waals surface area contributed by atoms with Gasteiger partial charge in [-0.2, -0.15) is 0 Å². The molecule has 2 aromatic heterocycles. The predicted octanol–water partition coefficient (Wildman–Crippen LogP) is 3.40. The molecule has 0 aliphatic carbocycles. The number of pyridine rings is 1. The summed E-state index contributed by atoms with van der Waals surface area (Å²) in [5.74, 6) is -0.907. The van der Waals surface area contributed by atoms with Gasteiger partial charge >= 0.3 is 0 Å². The summed E-state index contributed by atoms with van der Waals surface area (Å²) < 4.78 is 56.2. The molecular formula is C19H14F2N4O2S. The number of anilines is 1. The molecule has 4 aromatic rings. The fourth-order valence-electron chi connectivity index (χ4n) is 2.82. The van der Waals surface area contributed by atoms with E-state index in [1.165, 1.54) is 65.3 Å². The van der Waals surface area contributed by atoms with Gasteiger partial charge in [-0.05, 0) is 54.1 Å². The number of sulfonamides is 1. The lowest BCUT2D eigenvalue weighted by Crippen LogP contribution is -2.31. The SMILES string of the molecule is O=S(=O)(c1cccn2cnnc12)N(Cc1ccc(F)cc1)c1ccc(F)cc1. The Bertz CT molecular complexity index is 1220. The van der Waals surface area contributed by atoms with Gasteiger partial charge in [0.15, 0.2) is 5.65 Å². The van der Waals surface area contributed by atoms with Gasteiger partial charge in [0.05, 0.1) is 12.2 Å². The molecule has 142 valence electrons. The smallest absolute Gasteiger partial charge is 0.268 e. The molecule has 0 amide bonds. The van der Waals surface area contributed by atoms with Crippen molar-refractivity contribution >= 4 is 21.4 Å². The first-order valence-electron chi connectivity index (χ1n) is 8.26. The zero-order valence-electron chi connectivity index (χ0n) is 14.4. The van der Waals surface area contributed by atoms with Crippen LogP contribution in [0.25, 0.3) is 5.65 Å². The quantitative estimate of drug-likeness (QED) is 0.515. The van der Waals surface area contributed by atoms with E-state index < -0.39 is 21.7 Å². The Hall–Kier alpha value is -3.33. The Labute approximate surface area is 159 Å². The lowest BCUT2D eigenvalue weighted by molar-refractivity contribution is 0.590. The second-order valence-electron chi connectivity index (χ2n) is 6.05. The topological polar surface area (TPSA) is 67.6 Å². The third-order valence-electron chi connectivity index (χ3n) is 4.21. The van der Waals surface area contributed by atoms with E-state index in [0.29, 0.717) is 5.56 Å². The van der Waals surface area contributed by atoms with E-state index in [1.54, 1.807) is 12.3 Å². The van der Waals surface area contributed by atoms with Crippen LogP contribution in [-0.2, 0) is 16.6 Å². The van der Waals surface area contributed by atoms with E-state index in [2.05, 4.69) is 10.2 Å². The monoisotopic (exact) mass is 400 g/mol. The molecule has 0 aliphatic rings. The van der Waals surface area contributed by atoms with E-state index in [1.807, 2.05) is 0 Å². The number of halogens is 2. The van der Waals surface area contributed by atoms with Crippen LogP contribution < -0.4 is 4.31 Å². The minimum absolute atomic E-state index is 0.0427. The molecule has 4 rings (SSSR count). The summed E-state index contributed by atoms with van der Waals surface area (Å²) in [7, 11) is -4.08. The van der Waals surface area contributed by atoms with Crippen LogP contribution in [0.2, 0.25) is 0 Å². The second-order valence-corrected chi connectivity index (χ2v) is 7.88. The van der Waals surface area contributed by atoms with Gasteiger partial charge in [-0.15, -0.1) is 10.2 Å². The van der Waals surface area contributed by atoms with Crippen molar-refractivity contribution in [3.8, 4) is 0 Å².